The third kappa shape index (κ3) is 10.0. The number of carbonyl (C=O) groups is 2. The smallest absolute Gasteiger partial charge is 0.388 e. The summed E-state index contributed by atoms with van der Waals surface area (Å²) in [6, 6.07) is 6.10. The highest BCUT2D eigenvalue weighted by Gasteiger charge is 2.40. The topological polar surface area (TPSA) is 173 Å². The van der Waals surface area contributed by atoms with E-state index in [9.17, 15) is 36.3 Å². The molecule has 3 aromatic rings. The molecule has 0 saturated carbocycles. The minimum atomic E-state index is -4.77. The first-order valence-corrected chi connectivity index (χ1v) is 21.3. The number of aromatic nitrogens is 3. The number of benzene rings is 1. The van der Waals surface area contributed by atoms with Gasteiger partial charge in [-0.2, -0.15) is 18.2 Å². The van der Waals surface area contributed by atoms with E-state index in [0.29, 0.717) is 62.9 Å². The van der Waals surface area contributed by atoms with Crippen molar-refractivity contribution in [2.45, 2.75) is 86.8 Å². The molecule has 2 amide bonds. The van der Waals surface area contributed by atoms with Gasteiger partial charge in [-0.3, -0.25) is 14.9 Å². The summed E-state index contributed by atoms with van der Waals surface area (Å²) in [7, 11) is -4.34. The van der Waals surface area contributed by atoms with Gasteiger partial charge in [-0.05, 0) is 87.7 Å². The van der Waals surface area contributed by atoms with Crippen LogP contribution in [0.1, 0.15) is 68.9 Å². The second kappa shape index (κ2) is 17.0. The SMILES string of the molecule is C[C@]1(O)CCCN(c2nc(Nc3ccc(S(=O)(=O)N[C@@H]4CCN(CC5CCN(c6ccc(C7CCC(=O)NC7=O)cc6F)CC5)C[C@@H]4F)nc3Cl)ncc2C(F)(F)F)C1. The molecule has 0 spiro atoms. The second-order valence-corrected chi connectivity index (χ2v) is 18.0. The summed E-state index contributed by atoms with van der Waals surface area (Å²) in [5.41, 5.74) is -1.33. The fraction of sp³-hybridized carbons (Fsp3) is 0.553. The maximum absolute atomic E-state index is 15.5. The van der Waals surface area contributed by atoms with Gasteiger partial charge in [-0.15, -0.1) is 0 Å². The summed E-state index contributed by atoms with van der Waals surface area (Å²) in [5.74, 6) is -2.24. The Kier molecular flexibility index (Phi) is 12.4. The van der Waals surface area contributed by atoms with Crippen molar-refractivity contribution in [3.63, 3.8) is 0 Å². The summed E-state index contributed by atoms with van der Waals surface area (Å²) < 4.78 is 101. The summed E-state index contributed by atoms with van der Waals surface area (Å²) >= 11 is 6.32. The van der Waals surface area contributed by atoms with Crippen molar-refractivity contribution < 1.29 is 45.1 Å². The highest BCUT2D eigenvalue weighted by atomic mass is 35.5. The van der Waals surface area contributed by atoms with E-state index in [4.69, 9.17) is 11.6 Å². The predicted molar refractivity (Wildman–Crippen MR) is 208 cm³/mol. The first kappa shape index (κ1) is 42.9. The molecule has 1 unspecified atom stereocenters. The van der Waals surface area contributed by atoms with E-state index in [1.54, 1.807) is 12.1 Å². The molecule has 4 aliphatic rings. The molecule has 4 atom stereocenters. The molecule has 14 nitrogen and oxygen atoms in total. The molecular weight excluding hydrogens is 825 g/mol. The normalized spacial score (nSPS) is 25.3. The van der Waals surface area contributed by atoms with Crippen molar-refractivity contribution in [1.82, 2.24) is 29.9 Å². The van der Waals surface area contributed by atoms with E-state index in [1.807, 2.05) is 9.80 Å². The molecule has 4 N–H and O–H groups in total. The average molecular weight is 870 g/mol. The number of pyridine rings is 1. The number of carbonyl (C=O) groups excluding carboxylic acids is 2. The van der Waals surface area contributed by atoms with E-state index >= 15 is 8.78 Å². The first-order chi connectivity index (χ1) is 27.8. The molecule has 0 aliphatic carbocycles. The largest absolute Gasteiger partial charge is 0.421 e. The minimum Gasteiger partial charge on any atom is -0.388 e. The Bertz CT molecular complexity index is 2180. The van der Waals surface area contributed by atoms with Crippen molar-refractivity contribution in [3.8, 4) is 0 Å². The van der Waals surface area contributed by atoms with Gasteiger partial charge in [0, 0.05) is 51.9 Å². The third-order valence-corrected chi connectivity index (χ3v) is 13.1. The van der Waals surface area contributed by atoms with Crippen LogP contribution in [0.4, 0.5) is 45.1 Å². The highest BCUT2D eigenvalue weighted by molar-refractivity contribution is 7.89. The number of rotatable bonds is 10. The fourth-order valence-corrected chi connectivity index (χ4v) is 9.81. The molecule has 4 fully saturated rings. The number of halogens is 6. The molecule has 4 saturated heterocycles. The number of likely N-dealkylation sites (tertiary alicyclic amines) is 1. The molecule has 0 bridgehead atoms. The Morgan fingerprint density at radius 3 is 2.46 bits per heavy atom. The Morgan fingerprint density at radius 1 is 1.03 bits per heavy atom. The monoisotopic (exact) mass is 869 g/mol. The number of anilines is 4. The van der Waals surface area contributed by atoms with Gasteiger partial charge >= 0.3 is 6.18 Å². The lowest BCUT2D eigenvalue weighted by Gasteiger charge is -2.39. The molecule has 21 heteroatoms. The van der Waals surface area contributed by atoms with Crippen molar-refractivity contribution >= 4 is 56.6 Å². The van der Waals surface area contributed by atoms with E-state index < -0.39 is 68.1 Å². The van der Waals surface area contributed by atoms with E-state index in [2.05, 4.69) is 30.3 Å². The van der Waals surface area contributed by atoms with Crippen LogP contribution >= 0.6 is 11.6 Å². The first-order valence-electron chi connectivity index (χ1n) is 19.5. The number of amides is 2. The zero-order valence-electron chi connectivity index (χ0n) is 32.1. The van der Waals surface area contributed by atoms with Crippen molar-refractivity contribution in [2.24, 2.45) is 5.92 Å². The lowest BCUT2D eigenvalue weighted by atomic mass is 9.90. The molecule has 0 radical (unpaired) electrons. The van der Waals surface area contributed by atoms with E-state index in [-0.39, 0.29) is 61.1 Å². The zero-order chi connectivity index (χ0) is 42.3. The average Bonchev–Trinajstić information content (AvgIpc) is 3.16. The molecule has 6 heterocycles. The van der Waals surface area contributed by atoms with Crippen molar-refractivity contribution in [2.75, 3.05) is 60.9 Å². The van der Waals surface area contributed by atoms with Crippen LogP contribution in [0.15, 0.2) is 41.6 Å². The summed E-state index contributed by atoms with van der Waals surface area (Å²) in [6.07, 6.45) is -2.61. The Balaban J connectivity index is 0.910. The number of sulfonamides is 1. The summed E-state index contributed by atoms with van der Waals surface area (Å²) in [4.78, 5) is 40.8. The summed E-state index contributed by atoms with van der Waals surface area (Å²) in [6.45, 7) is 3.89. The number of alkyl halides is 4. The van der Waals surface area contributed by atoms with Crippen LogP contribution in [-0.2, 0) is 25.8 Å². The molecule has 320 valence electrons. The minimum absolute atomic E-state index is 0.00493. The third-order valence-electron chi connectivity index (χ3n) is 11.4. The molecule has 59 heavy (non-hydrogen) atoms. The molecule has 2 aromatic heterocycles. The number of hydrogen-bond donors (Lipinski definition) is 4. The number of nitrogens with zero attached hydrogens (tertiary/aromatic N) is 6. The number of hydrogen-bond acceptors (Lipinski definition) is 12. The second-order valence-electron chi connectivity index (χ2n) is 16.0. The highest BCUT2D eigenvalue weighted by Crippen LogP contribution is 2.38. The van der Waals surface area contributed by atoms with Gasteiger partial charge in [-0.1, -0.05) is 17.7 Å². The van der Waals surface area contributed by atoms with E-state index in [0.717, 1.165) is 18.9 Å². The van der Waals surface area contributed by atoms with Crippen LogP contribution in [-0.4, -0.2) is 109 Å². The van der Waals surface area contributed by atoms with Crippen molar-refractivity contribution in [3.05, 3.63) is 58.6 Å². The van der Waals surface area contributed by atoms with Gasteiger partial charge in [0.2, 0.25) is 17.8 Å². The summed E-state index contributed by atoms with van der Waals surface area (Å²) in [5, 5.41) is 14.7. The Labute approximate surface area is 343 Å². The Morgan fingerprint density at radius 2 is 1.80 bits per heavy atom. The maximum atomic E-state index is 15.5. The fourth-order valence-electron chi connectivity index (χ4n) is 8.31. The lowest BCUT2D eigenvalue weighted by Crippen LogP contribution is -2.53. The van der Waals surface area contributed by atoms with Gasteiger partial charge in [-0.25, -0.2) is 31.9 Å². The van der Waals surface area contributed by atoms with Gasteiger partial charge in [0.15, 0.2) is 10.2 Å². The number of nitrogens with one attached hydrogen (secondary N) is 3. The lowest BCUT2D eigenvalue weighted by molar-refractivity contribution is -0.138. The molecule has 4 aliphatic heterocycles. The van der Waals surface area contributed by atoms with Crippen LogP contribution in [0.2, 0.25) is 5.15 Å². The quantitative estimate of drug-likeness (QED) is 0.124. The zero-order valence-corrected chi connectivity index (χ0v) is 33.7. The van der Waals surface area contributed by atoms with Gasteiger partial charge < -0.3 is 25.1 Å². The Hall–Kier alpha value is -4.24. The number of aliphatic hydroxyl groups is 1. The molecular formula is C38H45ClF5N9O5S. The van der Waals surface area contributed by atoms with Crippen LogP contribution in [0.5, 0.6) is 0 Å². The number of β-amino-alcohol motifs (C(OH)–C–C–N with tert-alkyl or cyclic N) is 1. The van der Waals surface area contributed by atoms with E-state index in [1.165, 1.54) is 24.0 Å². The van der Waals surface area contributed by atoms with Gasteiger partial charge in [0.05, 0.1) is 28.9 Å². The molecule has 7 rings (SSSR count). The van der Waals surface area contributed by atoms with Gasteiger partial charge in [0.1, 0.15) is 23.4 Å². The number of imide groups is 1. The van der Waals surface area contributed by atoms with Crippen LogP contribution < -0.4 is 25.2 Å². The standard InChI is InChI=1S/C38H45ClF5N9O5S/c1-37(56)12-2-13-53(21-37)34-25(38(42,43)44)18-45-36(49-34)46-29-5-8-32(48-33(29)39)59(57,58)50-28-11-14-51(20-27(28)41)19-22-9-15-52(16-10-22)30-6-3-23(17-26(30)40)24-4-7-31(54)47-35(24)55/h3,5-6,8,17-18,22,24,27-28,50,56H,2,4,7,9-16,19-21H2,1H3,(H,45,46,49)(H,47,54,55)/t24?,27-,28+,37-/m0/s1. The molecule has 1 aromatic carbocycles. The van der Waals surface area contributed by atoms with Crippen LogP contribution in [0, 0.1) is 11.7 Å². The van der Waals surface area contributed by atoms with Crippen LogP contribution in [0.3, 0.4) is 0 Å². The maximum Gasteiger partial charge on any atom is 0.421 e. The van der Waals surface area contributed by atoms with Crippen LogP contribution in [0.25, 0.3) is 0 Å². The number of piperidine rings is 4. The van der Waals surface area contributed by atoms with Crippen molar-refractivity contribution in [1.29, 1.82) is 0 Å². The predicted octanol–water partition coefficient (Wildman–Crippen LogP) is 4.91. The van der Waals surface area contributed by atoms with Gasteiger partial charge in [0.25, 0.3) is 10.0 Å².